The number of nitrogens with zero attached hydrogens (tertiary/aromatic N) is 1. The van der Waals surface area contributed by atoms with E-state index in [0.717, 1.165) is 29.2 Å². The Labute approximate surface area is 120 Å². The number of hydrogen-bond donors (Lipinski definition) is 2. The van der Waals surface area contributed by atoms with Gasteiger partial charge in [0.25, 0.3) is 0 Å². The zero-order valence-corrected chi connectivity index (χ0v) is 12.6. The quantitative estimate of drug-likeness (QED) is 0.850. The Morgan fingerprint density at radius 1 is 1.35 bits per heavy atom. The van der Waals surface area contributed by atoms with Crippen LogP contribution in [-0.2, 0) is 6.54 Å². The third-order valence-corrected chi connectivity index (χ3v) is 4.09. The van der Waals surface area contributed by atoms with E-state index in [2.05, 4.69) is 4.90 Å². The van der Waals surface area contributed by atoms with E-state index in [1.54, 1.807) is 14.2 Å². The van der Waals surface area contributed by atoms with Crippen molar-refractivity contribution in [2.24, 2.45) is 5.73 Å². The molecular formula is C15H24N2O3. The molecule has 1 aromatic rings. The Balaban J connectivity index is 2.49. The number of ether oxygens (including phenoxy) is 2. The van der Waals surface area contributed by atoms with E-state index in [-0.39, 0.29) is 18.2 Å². The van der Waals surface area contributed by atoms with Crippen LogP contribution in [0.15, 0.2) is 12.1 Å². The lowest BCUT2D eigenvalue weighted by Crippen LogP contribution is -2.47. The van der Waals surface area contributed by atoms with E-state index in [1.165, 1.54) is 0 Å². The minimum atomic E-state index is -0.332. The summed E-state index contributed by atoms with van der Waals surface area (Å²) in [5.41, 5.74) is 7.90. The van der Waals surface area contributed by atoms with E-state index < -0.39 is 0 Å². The zero-order chi connectivity index (χ0) is 14.9. The number of hydrogen-bond acceptors (Lipinski definition) is 5. The molecular weight excluding hydrogens is 256 g/mol. The van der Waals surface area contributed by atoms with Crippen molar-refractivity contribution in [3.05, 3.63) is 23.3 Å². The molecule has 5 heteroatoms. The number of fused-ring (bicyclic) bond motifs is 1. The summed E-state index contributed by atoms with van der Waals surface area (Å²) in [5, 5.41) is 9.64. The minimum Gasteiger partial charge on any atom is -0.497 e. The maximum atomic E-state index is 9.64. The lowest BCUT2D eigenvalue weighted by atomic mass is 10.00. The Morgan fingerprint density at radius 3 is 2.55 bits per heavy atom. The van der Waals surface area contributed by atoms with Gasteiger partial charge >= 0.3 is 0 Å². The molecule has 112 valence electrons. The number of aliphatic hydroxyl groups excluding tert-OH is 1. The molecule has 1 unspecified atom stereocenters. The van der Waals surface area contributed by atoms with Gasteiger partial charge in [-0.2, -0.15) is 0 Å². The Morgan fingerprint density at radius 2 is 2.05 bits per heavy atom. The second-order valence-electron chi connectivity index (χ2n) is 5.75. The molecule has 20 heavy (non-hydrogen) atoms. The molecule has 1 heterocycles. The molecule has 0 spiro atoms. The summed E-state index contributed by atoms with van der Waals surface area (Å²) in [6, 6.07) is 3.96. The van der Waals surface area contributed by atoms with Gasteiger partial charge in [-0.05, 0) is 25.5 Å². The first-order chi connectivity index (χ1) is 9.48. The van der Waals surface area contributed by atoms with Gasteiger partial charge in [0.2, 0.25) is 0 Å². The van der Waals surface area contributed by atoms with Crippen molar-refractivity contribution in [3.63, 3.8) is 0 Å². The third kappa shape index (κ3) is 2.37. The summed E-state index contributed by atoms with van der Waals surface area (Å²) in [6.45, 7) is 5.34. The van der Waals surface area contributed by atoms with Crippen molar-refractivity contribution in [1.82, 2.24) is 4.90 Å². The van der Waals surface area contributed by atoms with Gasteiger partial charge in [0, 0.05) is 30.3 Å². The highest BCUT2D eigenvalue weighted by molar-refractivity contribution is 5.51. The van der Waals surface area contributed by atoms with Crippen LogP contribution in [0.5, 0.6) is 11.5 Å². The lowest BCUT2D eigenvalue weighted by Gasteiger charge is -2.38. The second-order valence-corrected chi connectivity index (χ2v) is 5.75. The molecule has 0 aromatic heterocycles. The molecule has 0 saturated heterocycles. The number of nitrogens with two attached hydrogens (primary N) is 1. The first kappa shape index (κ1) is 15.1. The van der Waals surface area contributed by atoms with Crippen LogP contribution < -0.4 is 15.2 Å². The molecule has 0 radical (unpaired) electrons. The molecule has 1 atom stereocenters. The fraction of sp³-hybridized carbons (Fsp3) is 0.600. The maximum absolute atomic E-state index is 9.64. The average molecular weight is 280 g/mol. The van der Waals surface area contributed by atoms with E-state index in [0.29, 0.717) is 6.54 Å². The van der Waals surface area contributed by atoms with Crippen LogP contribution >= 0.6 is 0 Å². The minimum absolute atomic E-state index is 0.0491. The standard InChI is InChI=1S/C15H24N2O3/c1-15(2,9-18)17-8-10-5-11(19-3)6-13(20-4)14(10)12(17)7-16/h5-6,12,18H,7-9,16H2,1-4H3. The molecule has 0 aliphatic carbocycles. The van der Waals surface area contributed by atoms with Gasteiger partial charge in [-0.15, -0.1) is 0 Å². The Hall–Kier alpha value is -1.30. The van der Waals surface area contributed by atoms with E-state index >= 15 is 0 Å². The SMILES string of the molecule is COc1cc2c(c(OC)c1)C(CN)N(C(C)(C)CO)C2. The highest BCUT2D eigenvalue weighted by atomic mass is 16.5. The van der Waals surface area contributed by atoms with Crippen molar-refractivity contribution in [1.29, 1.82) is 0 Å². The Bertz CT molecular complexity index is 488. The molecule has 1 aliphatic heterocycles. The normalized spacial score (nSPS) is 19.0. The number of rotatable bonds is 5. The first-order valence-corrected chi connectivity index (χ1v) is 6.81. The maximum Gasteiger partial charge on any atom is 0.127 e. The zero-order valence-electron chi connectivity index (χ0n) is 12.6. The predicted molar refractivity (Wildman–Crippen MR) is 78.0 cm³/mol. The predicted octanol–water partition coefficient (Wildman–Crippen LogP) is 1.29. The first-order valence-electron chi connectivity index (χ1n) is 6.81. The van der Waals surface area contributed by atoms with Gasteiger partial charge in [-0.25, -0.2) is 0 Å². The van der Waals surface area contributed by atoms with Gasteiger partial charge in [-0.3, -0.25) is 4.90 Å². The fourth-order valence-corrected chi connectivity index (χ4v) is 2.87. The number of benzene rings is 1. The highest BCUT2D eigenvalue weighted by Crippen LogP contribution is 2.44. The summed E-state index contributed by atoms with van der Waals surface area (Å²) in [7, 11) is 3.30. The highest BCUT2D eigenvalue weighted by Gasteiger charge is 2.40. The van der Waals surface area contributed by atoms with Gasteiger partial charge in [0.05, 0.1) is 26.9 Å². The van der Waals surface area contributed by atoms with Crippen molar-refractivity contribution >= 4 is 0 Å². The van der Waals surface area contributed by atoms with E-state index in [4.69, 9.17) is 15.2 Å². The van der Waals surface area contributed by atoms with Gasteiger partial charge in [0.1, 0.15) is 11.5 Å². The van der Waals surface area contributed by atoms with Crippen LogP contribution in [0, 0.1) is 0 Å². The molecule has 0 amide bonds. The topological polar surface area (TPSA) is 68.0 Å². The largest absolute Gasteiger partial charge is 0.497 e. The summed E-state index contributed by atoms with van der Waals surface area (Å²) in [4.78, 5) is 2.22. The molecule has 0 bridgehead atoms. The summed E-state index contributed by atoms with van der Waals surface area (Å²) >= 11 is 0. The van der Waals surface area contributed by atoms with Gasteiger partial charge in [-0.1, -0.05) is 0 Å². The molecule has 0 fully saturated rings. The monoisotopic (exact) mass is 280 g/mol. The molecule has 1 aromatic carbocycles. The number of aliphatic hydroxyl groups is 1. The molecule has 0 saturated carbocycles. The second kappa shape index (κ2) is 5.60. The summed E-state index contributed by atoms with van der Waals surface area (Å²) < 4.78 is 10.8. The lowest BCUT2D eigenvalue weighted by molar-refractivity contribution is 0.0288. The van der Waals surface area contributed by atoms with Crippen LogP contribution in [0.1, 0.15) is 31.0 Å². The smallest absolute Gasteiger partial charge is 0.127 e. The van der Waals surface area contributed by atoms with Crippen molar-refractivity contribution in [2.45, 2.75) is 32.0 Å². The molecule has 5 nitrogen and oxygen atoms in total. The third-order valence-electron chi connectivity index (χ3n) is 4.09. The van der Waals surface area contributed by atoms with Crippen LogP contribution in [0.4, 0.5) is 0 Å². The summed E-state index contributed by atoms with van der Waals surface area (Å²) in [5.74, 6) is 1.58. The van der Waals surface area contributed by atoms with Crippen molar-refractivity contribution in [3.8, 4) is 11.5 Å². The molecule has 2 rings (SSSR count). The van der Waals surface area contributed by atoms with E-state index in [9.17, 15) is 5.11 Å². The molecule has 3 N–H and O–H groups in total. The van der Waals surface area contributed by atoms with Crippen LogP contribution in [0.3, 0.4) is 0 Å². The van der Waals surface area contributed by atoms with Crippen molar-refractivity contribution in [2.75, 3.05) is 27.4 Å². The average Bonchev–Trinajstić information content (AvgIpc) is 2.85. The number of methoxy groups -OCH3 is 2. The molecule has 1 aliphatic rings. The van der Waals surface area contributed by atoms with Crippen LogP contribution in [0.2, 0.25) is 0 Å². The summed E-state index contributed by atoms with van der Waals surface area (Å²) in [6.07, 6.45) is 0. The fourth-order valence-electron chi connectivity index (χ4n) is 2.87. The van der Waals surface area contributed by atoms with E-state index in [1.807, 2.05) is 26.0 Å². The van der Waals surface area contributed by atoms with Crippen molar-refractivity contribution < 1.29 is 14.6 Å². The van der Waals surface area contributed by atoms with Gasteiger partial charge in [0.15, 0.2) is 0 Å². The van der Waals surface area contributed by atoms with Crippen LogP contribution in [-0.4, -0.2) is 42.9 Å². The Kier molecular flexibility index (Phi) is 4.22. The van der Waals surface area contributed by atoms with Gasteiger partial charge < -0.3 is 20.3 Å². The van der Waals surface area contributed by atoms with Crippen LogP contribution in [0.25, 0.3) is 0 Å².